The maximum absolute atomic E-state index is 12.5. The first-order valence-corrected chi connectivity index (χ1v) is 15.3. The van der Waals surface area contributed by atoms with Gasteiger partial charge in [-0.05, 0) is 57.0 Å². The summed E-state index contributed by atoms with van der Waals surface area (Å²) in [6.45, 7) is 11.5. The van der Waals surface area contributed by atoms with Gasteiger partial charge in [0.05, 0.1) is 13.2 Å². The minimum Gasteiger partial charge on any atom is -0.542 e. The topological polar surface area (TPSA) is 56.8 Å². The highest BCUT2D eigenvalue weighted by atomic mass is 28.4. The van der Waals surface area contributed by atoms with E-state index in [0.29, 0.717) is 17.1 Å². The van der Waals surface area contributed by atoms with Gasteiger partial charge < -0.3 is 18.9 Å². The van der Waals surface area contributed by atoms with Crippen LogP contribution in [0.5, 0.6) is 11.5 Å². The molecular formula is C17H28F3NO4Si2. The van der Waals surface area contributed by atoms with E-state index in [1.165, 1.54) is 7.11 Å². The van der Waals surface area contributed by atoms with Crippen LogP contribution in [0.3, 0.4) is 0 Å². The summed E-state index contributed by atoms with van der Waals surface area (Å²) in [7, 11) is -2.53. The van der Waals surface area contributed by atoms with Gasteiger partial charge in [0, 0.05) is 6.54 Å². The lowest BCUT2D eigenvalue weighted by Crippen LogP contribution is -2.41. The third kappa shape index (κ3) is 8.35. The van der Waals surface area contributed by atoms with Gasteiger partial charge in [-0.3, -0.25) is 4.79 Å². The van der Waals surface area contributed by atoms with Crippen LogP contribution in [0, 0.1) is 0 Å². The van der Waals surface area contributed by atoms with E-state index in [1.807, 2.05) is 44.6 Å². The van der Waals surface area contributed by atoms with E-state index in [-0.39, 0.29) is 6.54 Å². The highest BCUT2D eigenvalue weighted by Gasteiger charge is 2.39. The summed E-state index contributed by atoms with van der Waals surface area (Å²) in [5, 5.41) is 1.91. The fraction of sp³-hybridized carbons (Fsp3) is 0.588. The lowest BCUT2D eigenvalue weighted by molar-refractivity contribution is -0.173. The van der Waals surface area contributed by atoms with Crippen molar-refractivity contribution >= 4 is 22.5 Å². The Morgan fingerprint density at radius 1 is 1.07 bits per heavy atom. The van der Waals surface area contributed by atoms with E-state index in [4.69, 9.17) is 13.6 Å². The number of hydrogen-bond acceptors (Lipinski definition) is 4. The van der Waals surface area contributed by atoms with Gasteiger partial charge in [0.1, 0.15) is 5.75 Å². The molecule has 0 aliphatic heterocycles. The molecule has 1 unspecified atom stereocenters. The number of hydrogen-bond donors (Lipinski definition) is 1. The van der Waals surface area contributed by atoms with Gasteiger partial charge in [0.15, 0.2) is 14.1 Å². The van der Waals surface area contributed by atoms with E-state index in [9.17, 15) is 18.0 Å². The number of rotatable bonds is 8. The Bertz CT molecular complexity index is 655. The standard InChI is InChI=1S/C17H28F3NO4Si2/c1-23-13-9-8-12(10-14(13)24-26(2,3)4)15(25-27(5,6)7)11-21-16(22)17(18,19)20/h8-10,15H,11H2,1-7H3,(H,21,22). The Labute approximate surface area is 160 Å². The lowest BCUT2D eigenvalue weighted by Gasteiger charge is -2.28. The minimum atomic E-state index is -4.93. The Morgan fingerprint density at radius 2 is 1.67 bits per heavy atom. The number of carbonyl (C=O) groups excluding carboxylic acids is 1. The van der Waals surface area contributed by atoms with Gasteiger partial charge in [0.25, 0.3) is 0 Å². The van der Waals surface area contributed by atoms with Crippen molar-refractivity contribution in [2.24, 2.45) is 0 Å². The van der Waals surface area contributed by atoms with Crippen LogP contribution in [-0.4, -0.2) is 42.4 Å². The van der Waals surface area contributed by atoms with Crippen molar-refractivity contribution in [3.8, 4) is 11.5 Å². The van der Waals surface area contributed by atoms with Crippen LogP contribution in [0.4, 0.5) is 13.2 Å². The molecule has 0 aromatic heterocycles. The van der Waals surface area contributed by atoms with Gasteiger partial charge in [-0.2, -0.15) is 13.2 Å². The Balaban J connectivity index is 3.17. The smallest absolute Gasteiger partial charge is 0.471 e. The van der Waals surface area contributed by atoms with Crippen LogP contribution in [0.1, 0.15) is 11.7 Å². The molecule has 154 valence electrons. The summed E-state index contributed by atoms with van der Waals surface area (Å²) >= 11 is 0. The number of halogens is 3. The first-order valence-electron chi connectivity index (χ1n) is 8.52. The molecule has 0 aliphatic carbocycles. The molecule has 0 heterocycles. The molecule has 1 aromatic rings. The van der Waals surface area contributed by atoms with Crippen LogP contribution < -0.4 is 14.5 Å². The zero-order valence-corrected chi connectivity index (χ0v) is 18.8. The molecule has 1 atom stereocenters. The summed E-state index contributed by atoms with van der Waals surface area (Å²) in [6.07, 6.45) is -5.66. The second-order valence-electron chi connectivity index (χ2n) is 8.05. The fourth-order valence-electron chi connectivity index (χ4n) is 2.24. The molecule has 1 N–H and O–H groups in total. The van der Waals surface area contributed by atoms with E-state index in [2.05, 4.69) is 0 Å². The molecule has 5 nitrogen and oxygen atoms in total. The molecular weight excluding hydrogens is 395 g/mol. The zero-order chi connectivity index (χ0) is 21.0. The number of amides is 1. The van der Waals surface area contributed by atoms with E-state index in [0.717, 1.165) is 0 Å². The van der Waals surface area contributed by atoms with Crippen molar-refractivity contribution in [3.63, 3.8) is 0 Å². The minimum absolute atomic E-state index is 0.290. The predicted octanol–water partition coefficient (Wildman–Crippen LogP) is 4.48. The molecule has 27 heavy (non-hydrogen) atoms. The monoisotopic (exact) mass is 423 g/mol. The predicted molar refractivity (Wildman–Crippen MR) is 103 cm³/mol. The molecule has 1 aromatic carbocycles. The van der Waals surface area contributed by atoms with Gasteiger partial charge >= 0.3 is 12.1 Å². The average Bonchev–Trinajstić information content (AvgIpc) is 2.47. The summed E-state index contributed by atoms with van der Waals surface area (Å²) in [5.41, 5.74) is 0.619. The lowest BCUT2D eigenvalue weighted by atomic mass is 10.1. The molecule has 10 heteroatoms. The maximum Gasteiger partial charge on any atom is 0.471 e. The molecule has 0 saturated carbocycles. The average molecular weight is 424 g/mol. The SMILES string of the molecule is COc1ccc(C(CNC(=O)C(F)(F)F)O[Si](C)(C)C)cc1O[Si](C)(C)C. The number of nitrogens with one attached hydrogen (secondary N) is 1. The molecule has 0 spiro atoms. The molecule has 0 fully saturated rings. The molecule has 1 amide bonds. The normalized spacial score (nSPS) is 13.9. The summed E-state index contributed by atoms with van der Waals surface area (Å²) < 4.78 is 54.9. The summed E-state index contributed by atoms with van der Waals surface area (Å²) in [4.78, 5) is 11.2. The Kier molecular flexibility index (Phi) is 7.54. The number of carbonyl (C=O) groups is 1. The van der Waals surface area contributed by atoms with Crippen LogP contribution in [0.15, 0.2) is 18.2 Å². The van der Waals surface area contributed by atoms with Crippen molar-refractivity contribution in [3.05, 3.63) is 23.8 Å². The molecule has 0 saturated heterocycles. The van der Waals surface area contributed by atoms with Crippen LogP contribution in [0.25, 0.3) is 0 Å². The van der Waals surface area contributed by atoms with Crippen molar-refractivity contribution in [2.75, 3.05) is 13.7 Å². The third-order valence-electron chi connectivity index (χ3n) is 3.18. The molecule has 0 aliphatic rings. The Hall–Kier alpha value is -1.53. The first kappa shape index (κ1) is 23.5. The number of benzene rings is 1. The van der Waals surface area contributed by atoms with Gasteiger partial charge in [-0.1, -0.05) is 6.07 Å². The van der Waals surface area contributed by atoms with Crippen molar-refractivity contribution in [1.29, 1.82) is 0 Å². The van der Waals surface area contributed by atoms with E-state index in [1.54, 1.807) is 18.2 Å². The highest BCUT2D eigenvalue weighted by molar-refractivity contribution is 6.70. The highest BCUT2D eigenvalue weighted by Crippen LogP contribution is 2.34. The second kappa shape index (κ2) is 8.65. The molecule has 0 bridgehead atoms. The largest absolute Gasteiger partial charge is 0.542 e. The van der Waals surface area contributed by atoms with Crippen molar-refractivity contribution in [1.82, 2.24) is 5.32 Å². The molecule has 1 rings (SSSR count). The van der Waals surface area contributed by atoms with Crippen LogP contribution >= 0.6 is 0 Å². The quantitative estimate of drug-likeness (QED) is 0.627. The number of methoxy groups -OCH3 is 1. The van der Waals surface area contributed by atoms with Gasteiger partial charge in [-0.15, -0.1) is 0 Å². The first-order chi connectivity index (χ1) is 12.1. The third-order valence-corrected chi connectivity index (χ3v) is 5.00. The van der Waals surface area contributed by atoms with Crippen LogP contribution in [0.2, 0.25) is 39.3 Å². The van der Waals surface area contributed by atoms with Crippen molar-refractivity contribution < 1.29 is 31.6 Å². The molecule has 0 radical (unpaired) electrons. The zero-order valence-electron chi connectivity index (χ0n) is 16.8. The summed E-state index contributed by atoms with van der Waals surface area (Å²) in [5.74, 6) is -0.938. The van der Waals surface area contributed by atoms with E-state index >= 15 is 0 Å². The second-order valence-corrected chi connectivity index (χ2v) is 16.9. The number of alkyl halides is 3. The maximum atomic E-state index is 12.5. The Morgan fingerprint density at radius 3 is 2.11 bits per heavy atom. The van der Waals surface area contributed by atoms with Crippen molar-refractivity contribution in [2.45, 2.75) is 51.6 Å². The fourth-order valence-corrected chi connectivity index (χ4v) is 4.14. The van der Waals surface area contributed by atoms with Gasteiger partial charge in [0.2, 0.25) is 8.32 Å². The van der Waals surface area contributed by atoms with E-state index < -0.39 is 34.8 Å². The van der Waals surface area contributed by atoms with Gasteiger partial charge in [-0.25, -0.2) is 0 Å². The summed E-state index contributed by atoms with van der Waals surface area (Å²) in [6, 6.07) is 5.11. The van der Waals surface area contributed by atoms with Crippen LogP contribution in [-0.2, 0) is 9.22 Å². The number of ether oxygens (including phenoxy) is 1.